The van der Waals surface area contributed by atoms with E-state index in [1.165, 1.54) is 4.31 Å². The number of carbonyl (C=O) groups excluding carboxylic acids is 1. The molecule has 1 amide bonds. The van der Waals surface area contributed by atoms with Crippen molar-refractivity contribution in [2.45, 2.75) is 38.5 Å². The smallest absolute Gasteiger partial charge is 0.224 e. The van der Waals surface area contributed by atoms with Gasteiger partial charge in [0, 0.05) is 24.2 Å². The minimum atomic E-state index is -3.45. The van der Waals surface area contributed by atoms with Crippen molar-refractivity contribution in [2.75, 3.05) is 13.1 Å². The van der Waals surface area contributed by atoms with Gasteiger partial charge < -0.3 is 5.32 Å². The van der Waals surface area contributed by atoms with Crippen molar-refractivity contribution in [1.82, 2.24) is 9.62 Å². The van der Waals surface area contributed by atoms with Crippen LogP contribution >= 0.6 is 11.6 Å². The number of piperidine rings is 1. The Morgan fingerprint density at radius 1 is 1.43 bits per heavy atom. The Labute approximate surface area is 143 Å². The summed E-state index contributed by atoms with van der Waals surface area (Å²) < 4.78 is 26.6. The zero-order valence-electron chi connectivity index (χ0n) is 13.5. The fourth-order valence-corrected chi connectivity index (χ4v) is 4.55. The van der Waals surface area contributed by atoms with E-state index in [1.807, 2.05) is 13.8 Å². The summed E-state index contributed by atoms with van der Waals surface area (Å²) in [6.45, 7) is 4.51. The summed E-state index contributed by atoms with van der Waals surface area (Å²) in [7, 11) is -3.45. The average Bonchev–Trinajstić information content (AvgIpc) is 2.46. The molecule has 1 N–H and O–H groups in total. The third-order valence-electron chi connectivity index (χ3n) is 3.82. The number of nitrogens with one attached hydrogen (secondary N) is 1. The molecule has 0 saturated carbocycles. The van der Waals surface area contributed by atoms with Gasteiger partial charge in [0.2, 0.25) is 15.9 Å². The van der Waals surface area contributed by atoms with E-state index in [0.717, 1.165) is 6.42 Å². The van der Waals surface area contributed by atoms with Crippen LogP contribution in [0.4, 0.5) is 0 Å². The first-order valence-electron chi connectivity index (χ1n) is 7.80. The Bertz CT molecular complexity index is 661. The van der Waals surface area contributed by atoms with Gasteiger partial charge in [0.25, 0.3) is 0 Å². The predicted molar refractivity (Wildman–Crippen MR) is 91.7 cm³/mol. The number of nitrogens with zero attached hydrogens (tertiary/aromatic N) is 1. The molecule has 23 heavy (non-hydrogen) atoms. The number of halogens is 1. The maximum Gasteiger partial charge on any atom is 0.224 e. The molecule has 1 heterocycles. The van der Waals surface area contributed by atoms with Crippen LogP contribution in [0.1, 0.15) is 32.3 Å². The Morgan fingerprint density at radius 3 is 2.83 bits per heavy atom. The van der Waals surface area contributed by atoms with E-state index in [4.69, 9.17) is 11.6 Å². The standard InChI is InChI=1S/C16H23ClN2O3S/c1-12(2)18-16(20)14-6-4-8-19(10-14)23(21,22)11-13-5-3-7-15(17)9-13/h3,5,7,9,12,14H,4,6,8,10-11H2,1-2H3,(H,18,20)/t14-/m0/s1. The van der Waals surface area contributed by atoms with Gasteiger partial charge in [0.1, 0.15) is 0 Å². The van der Waals surface area contributed by atoms with Gasteiger partial charge in [-0.2, -0.15) is 0 Å². The molecular weight excluding hydrogens is 336 g/mol. The SMILES string of the molecule is CC(C)NC(=O)[C@H]1CCCN(S(=O)(=O)Cc2cccc(Cl)c2)C1. The number of rotatable bonds is 5. The number of hydrogen-bond acceptors (Lipinski definition) is 3. The van der Waals surface area contributed by atoms with E-state index < -0.39 is 10.0 Å². The number of hydrogen-bond donors (Lipinski definition) is 1. The summed E-state index contributed by atoms with van der Waals surface area (Å²) >= 11 is 5.91. The summed E-state index contributed by atoms with van der Waals surface area (Å²) in [5.74, 6) is -0.436. The largest absolute Gasteiger partial charge is 0.354 e. The summed E-state index contributed by atoms with van der Waals surface area (Å²) in [6.07, 6.45) is 1.42. The average molecular weight is 359 g/mol. The highest BCUT2D eigenvalue weighted by atomic mass is 35.5. The first-order valence-corrected chi connectivity index (χ1v) is 9.79. The van der Waals surface area contributed by atoms with Gasteiger partial charge in [-0.05, 0) is 44.4 Å². The lowest BCUT2D eigenvalue weighted by Gasteiger charge is -2.31. The highest BCUT2D eigenvalue weighted by Gasteiger charge is 2.32. The van der Waals surface area contributed by atoms with Crippen LogP contribution in [-0.2, 0) is 20.6 Å². The minimum Gasteiger partial charge on any atom is -0.354 e. The number of benzene rings is 1. The topological polar surface area (TPSA) is 66.5 Å². The molecule has 1 aromatic carbocycles. The Morgan fingerprint density at radius 2 is 2.17 bits per heavy atom. The van der Waals surface area contributed by atoms with Crippen molar-refractivity contribution in [3.63, 3.8) is 0 Å². The van der Waals surface area contributed by atoms with Gasteiger partial charge in [-0.1, -0.05) is 23.7 Å². The molecule has 1 aliphatic heterocycles. The van der Waals surface area contributed by atoms with Crippen LogP contribution in [-0.4, -0.2) is 37.8 Å². The van der Waals surface area contributed by atoms with Gasteiger partial charge in [-0.25, -0.2) is 12.7 Å². The minimum absolute atomic E-state index is 0.0564. The highest BCUT2D eigenvalue weighted by molar-refractivity contribution is 7.88. The van der Waals surface area contributed by atoms with E-state index in [2.05, 4.69) is 5.32 Å². The van der Waals surface area contributed by atoms with Crippen molar-refractivity contribution < 1.29 is 13.2 Å². The van der Waals surface area contributed by atoms with Crippen molar-refractivity contribution in [1.29, 1.82) is 0 Å². The second kappa shape index (κ2) is 7.64. The van der Waals surface area contributed by atoms with E-state index in [0.29, 0.717) is 23.6 Å². The molecule has 1 aliphatic rings. The highest BCUT2D eigenvalue weighted by Crippen LogP contribution is 2.22. The Hall–Kier alpha value is -1.11. The van der Waals surface area contributed by atoms with E-state index in [-0.39, 0.29) is 30.2 Å². The van der Waals surface area contributed by atoms with Crippen LogP contribution < -0.4 is 5.32 Å². The summed E-state index contributed by atoms with van der Waals surface area (Å²) in [5.41, 5.74) is 0.659. The fraction of sp³-hybridized carbons (Fsp3) is 0.562. The van der Waals surface area contributed by atoms with Crippen LogP contribution in [0, 0.1) is 5.92 Å². The molecule has 0 unspecified atom stereocenters. The zero-order valence-corrected chi connectivity index (χ0v) is 15.0. The normalized spacial score (nSPS) is 19.7. The molecule has 5 nitrogen and oxygen atoms in total. The lowest BCUT2D eigenvalue weighted by molar-refractivity contribution is -0.126. The van der Waals surface area contributed by atoms with Crippen LogP contribution in [0.25, 0.3) is 0 Å². The fourth-order valence-electron chi connectivity index (χ4n) is 2.74. The molecule has 0 bridgehead atoms. The van der Waals surface area contributed by atoms with Gasteiger partial charge in [0.15, 0.2) is 0 Å². The molecule has 0 aliphatic carbocycles. The van der Waals surface area contributed by atoms with Gasteiger partial charge in [-0.15, -0.1) is 0 Å². The maximum absolute atomic E-state index is 12.6. The second-order valence-corrected chi connectivity index (χ2v) is 8.65. The van der Waals surface area contributed by atoms with Gasteiger partial charge in [-0.3, -0.25) is 4.79 Å². The second-order valence-electron chi connectivity index (χ2n) is 6.25. The van der Waals surface area contributed by atoms with Crippen molar-refractivity contribution in [3.05, 3.63) is 34.9 Å². The molecule has 7 heteroatoms. The lowest BCUT2D eigenvalue weighted by atomic mass is 9.98. The zero-order chi connectivity index (χ0) is 17.0. The van der Waals surface area contributed by atoms with Crippen molar-refractivity contribution >= 4 is 27.5 Å². The molecular formula is C16H23ClN2O3S. The molecule has 0 aromatic heterocycles. The molecule has 2 rings (SSSR count). The third kappa shape index (κ3) is 5.19. The van der Waals surface area contributed by atoms with Crippen LogP contribution in [0.3, 0.4) is 0 Å². The molecule has 0 spiro atoms. The van der Waals surface area contributed by atoms with E-state index >= 15 is 0 Å². The van der Waals surface area contributed by atoms with Crippen molar-refractivity contribution in [2.24, 2.45) is 5.92 Å². The van der Waals surface area contributed by atoms with Crippen molar-refractivity contribution in [3.8, 4) is 0 Å². The van der Waals surface area contributed by atoms with Crippen LogP contribution in [0.5, 0.6) is 0 Å². The molecule has 1 atom stereocenters. The quantitative estimate of drug-likeness (QED) is 0.878. The molecule has 0 radical (unpaired) electrons. The summed E-state index contributed by atoms with van der Waals surface area (Å²) in [4.78, 5) is 12.1. The summed E-state index contributed by atoms with van der Waals surface area (Å²) in [6, 6.07) is 6.91. The molecule has 1 fully saturated rings. The molecule has 1 saturated heterocycles. The van der Waals surface area contributed by atoms with Gasteiger partial charge in [0.05, 0.1) is 11.7 Å². The number of amides is 1. The lowest BCUT2D eigenvalue weighted by Crippen LogP contribution is -2.46. The first-order chi connectivity index (χ1) is 10.8. The molecule has 1 aromatic rings. The number of carbonyl (C=O) groups is 1. The monoisotopic (exact) mass is 358 g/mol. The van der Waals surface area contributed by atoms with E-state index in [9.17, 15) is 13.2 Å². The third-order valence-corrected chi connectivity index (χ3v) is 5.87. The predicted octanol–water partition coefficient (Wildman–Crippen LogP) is 2.41. The summed E-state index contributed by atoms with van der Waals surface area (Å²) in [5, 5.41) is 3.38. The van der Waals surface area contributed by atoms with Crippen LogP contribution in [0.2, 0.25) is 5.02 Å². The van der Waals surface area contributed by atoms with E-state index in [1.54, 1.807) is 24.3 Å². The van der Waals surface area contributed by atoms with Crippen LogP contribution in [0.15, 0.2) is 24.3 Å². The Kier molecular flexibility index (Phi) is 6.06. The Balaban J connectivity index is 2.06. The number of sulfonamides is 1. The molecule has 128 valence electrons. The van der Waals surface area contributed by atoms with Gasteiger partial charge >= 0.3 is 0 Å². The maximum atomic E-state index is 12.6. The first kappa shape index (κ1) is 18.2.